The maximum Gasteiger partial charge on any atom is 0.0643 e. The average Bonchev–Trinajstić information content (AvgIpc) is 2.06. The normalized spacial score (nSPS) is 11.7. The van der Waals surface area contributed by atoms with Gasteiger partial charge < -0.3 is 5.32 Å². The molecule has 0 saturated carbocycles. The van der Waals surface area contributed by atoms with Crippen molar-refractivity contribution in [2.75, 3.05) is 5.32 Å². The lowest BCUT2D eigenvalue weighted by Crippen LogP contribution is -2.13. The van der Waals surface area contributed by atoms with Crippen molar-refractivity contribution in [3.63, 3.8) is 0 Å². The Hall–Kier alpha value is -1.49. The highest BCUT2D eigenvalue weighted by atomic mass is 14.9. The molecule has 0 bridgehead atoms. The average molecular weight is 160 g/mol. The van der Waals surface area contributed by atoms with Crippen molar-refractivity contribution < 1.29 is 0 Å². The Morgan fingerprint density at radius 3 is 2.67 bits per heavy atom. The molecule has 0 fully saturated rings. The maximum absolute atomic E-state index is 8.42. The van der Waals surface area contributed by atoms with Gasteiger partial charge in [0, 0.05) is 11.7 Å². The number of nitrogens with one attached hydrogen (secondary N) is 1. The van der Waals surface area contributed by atoms with Crippen molar-refractivity contribution in [3.05, 3.63) is 30.3 Å². The third-order valence-corrected chi connectivity index (χ3v) is 1.58. The van der Waals surface area contributed by atoms with Crippen LogP contribution in [0.1, 0.15) is 13.3 Å². The third kappa shape index (κ3) is 2.63. The minimum Gasteiger partial charge on any atom is -0.382 e. The summed E-state index contributed by atoms with van der Waals surface area (Å²) in [7, 11) is 0. The van der Waals surface area contributed by atoms with Crippen molar-refractivity contribution in [3.8, 4) is 6.07 Å². The summed E-state index contributed by atoms with van der Waals surface area (Å²) >= 11 is 0. The van der Waals surface area contributed by atoms with Gasteiger partial charge in [-0.1, -0.05) is 18.2 Å². The number of nitriles is 1. The fourth-order valence-electron chi connectivity index (χ4n) is 1.01. The van der Waals surface area contributed by atoms with Crippen LogP contribution in [-0.4, -0.2) is 6.04 Å². The van der Waals surface area contributed by atoms with Gasteiger partial charge in [0.1, 0.15) is 0 Å². The zero-order valence-corrected chi connectivity index (χ0v) is 7.12. The molecule has 62 valence electrons. The van der Waals surface area contributed by atoms with E-state index in [2.05, 4.69) is 11.4 Å². The predicted molar refractivity (Wildman–Crippen MR) is 49.8 cm³/mol. The lowest BCUT2D eigenvalue weighted by Gasteiger charge is -2.10. The Bertz CT molecular complexity index is 261. The molecule has 0 aromatic heterocycles. The Kier molecular flexibility index (Phi) is 3.16. The maximum atomic E-state index is 8.42. The van der Waals surface area contributed by atoms with E-state index >= 15 is 0 Å². The molecule has 1 rings (SSSR count). The first-order valence-electron chi connectivity index (χ1n) is 4.01. The lowest BCUT2D eigenvalue weighted by molar-refractivity contribution is 0.821. The summed E-state index contributed by atoms with van der Waals surface area (Å²) in [6, 6.07) is 12.3. The first-order chi connectivity index (χ1) is 5.83. The fraction of sp³-hybridized carbons (Fsp3) is 0.300. The van der Waals surface area contributed by atoms with E-state index in [9.17, 15) is 0 Å². The molecule has 1 N–H and O–H groups in total. The second kappa shape index (κ2) is 4.40. The van der Waals surface area contributed by atoms with Crippen LogP contribution in [0.4, 0.5) is 5.69 Å². The van der Waals surface area contributed by atoms with Gasteiger partial charge in [-0.15, -0.1) is 0 Å². The molecule has 0 amide bonds. The molecule has 0 heterocycles. The van der Waals surface area contributed by atoms with Crippen LogP contribution in [0.3, 0.4) is 0 Å². The Labute approximate surface area is 72.8 Å². The molecule has 1 atom stereocenters. The van der Waals surface area contributed by atoms with Crippen molar-refractivity contribution in [2.45, 2.75) is 19.4 Å². The minimum absolute atomic E-state index is 0.220. The van der Waals surface area contributed by atoms with Crippen LogP contribution in [0.25, 0.3) is 0 Å². The van der Waals surface area contributed by atoms with E-state index < -0.39 is 0 Å². The Balaban J connectivity index is 2.48. The van der Waals surface area contributed by atoms with Crippen LogP contribution in [0.5, 0.6) is 0 Å². The first-order valence-corrected chi connectivity index (χ1v) is 4.01. The molecule has 2 heteroatoms. The Morgan fingerprint density at radius 2 is 2.08 bits per heavy atom. The topological polar surface area (TPSA) is 35.8 Å². The highest BCUT2D eigenvalue weighted by molar-refractivity contribution is 5.43. The fourth-order valence-corrected chi connectivity index (χ4v) is 1.01. The van der Waals surface area contributed by atoms with Gasteiger partial charge in [0.05, 0.1) is 12.5 Å². The Morgan fingerprint density at radius 1 is 1.42 bits per heavy atom. The standard InChI is InChI=1S/C10H12N2/c1-9(7-8-11)12-10-5-3-2-4-6-10/h2-6,9,12H,7H2,1H3/t9-/m0/s1. The van der Waals surface area contributed by atoms with Gasteiger partial charge >= 0.3 is 0 Å². The van der Waals surface area contributed by atoms with Gasteiger partial charge in [-0.3, -0.25) is 0 Å². The number of anilines is 1. The molecule has 0 spiro atoms. The molecule has 0 aliphatic carbocycles. The first kappa shape index (κ1) is 8.61. The summed E-state index contributed by atoms with van der Waals surface area (Å²) in [6.45, 7) is 2.00. The molecule has 0 saturated heterocycles. The molecule has 1 aromatic carbocycles. The minimum atomic E-state index is 0.220. The van der Waals surface area contributed by atoms with E-state index in [0.717, 1.165) is 5.69 Å². The van der Waals surface area contributed by atoms with Gasteiger partial charge in [0.15, 0.2) is 0 Å². The smallest absolute Gasteiger partial charge is 0.0643 e. The van der Waals surface area contributed by atoms with Crippen molar-refractivity contribution in [2.24, 2.45) is 0 Å². The van der Waals surface area contributed by atoms with Crippen LogP contribution in [0.15, 0.2) is 30.3 Å². The largest absolute Gasteiger partial charge is 0.382 e. The monoisotopic (exact) mass is 160 g/mol. The quantitative estimate of drug-likeness (QED) is 0.737. The van der Waals surface area contributed by atoms with Crippen LogP contribution in [-0.2, 0) is 0 Å². The second-order valence-electron chi connectivity index (χ2n) is 2.77. The molecule has 0 unspecified atom stereocenters. The number of benzene rings is 1. The summed E-state index contributed by atoms with van der Waals surface area (Å²) in [4.78, 5) is 0. The lowest BCUT2D eigenvalue weighted by atomic mass is 10.2. The molecule has 0 aliphatic heterocycles. The van der Waals surface area contributed by atoms with Crippen LogP contribution in [0.2, 0.25) is 0 Å². The van der Waals surface area contributed by atoms with Crippen LogP contribution in [0, 0.1) is 11.3 Å². The number of rotatable bonds is 3. The summed E-state index contributed by atoms with van der Waals surface area (Å²) in [6.07, 6.45) is 0.537. The summed E-state index contributed by atoms with van der Waals surface area (Å²) in [5.41, 5.74) is 1.07. The molecule has 0 aliphatic rings. The summed E-state index contributed by atoms with van der Waals surface area (Å²) in [5.74, 6) is 0. The molecule has 2 nitrogen and oxygen atoms in total. The van der Waals surface area contributed by atoms with Gasteiger partial charge in [-0.25, -0.2) is 0 Å². The van der Waals surface area contributed by atoms with Crippen molar-refractivity contribution in [1.82, 2.24) is 0 Å². The highest BCUT2D eigenvalue weighted by Crippen LogP contribution is 2.07. The predicted octanol–water partition coefficient (Wildman–Crippen LogP) is 2.40. The molecular weight excluding hydrogens is 148 g/mol. The van der Waals surface area contributed by atoms with E-state index in [-0.39, 0.29) is 6.04 Å². The third-order valence-electron chi connectivity index (χ3n) is 1.58. The number of hydrogen-bond acceptors (Lipinski definition) is 2. The molecule has 1 aromatic rings. The van der Waals surface area contributed by atoms with Gasteiger partial charge in [-0.05, 0) is 19.1 Å². The van der Waals surface area contributed by atoms with E-state index in [1.807, 2.05) is 37.3 Å². The van der Waals surface area contributed by atoms with E-state index in [1.54, 1.807) is 0 Å². The van der Waals surface area contributed by atoms with Gasteiger partial charge in [0.25, 0.3) is 0 Å². The second-order valence-corrected chi connectivity index (χ2v) is 2.77. The van der Waals surface area contributed by atoms with Gasteiger partial charge in [0.2, 0.25) is 0 Å². The zero-order valence-electron chi connectivity index (χ0n) is 7.12. The molecule has 12 heavy (non-hydrogen) atoms. The number of nitrogens with zero attached hydrogens (tertiary/aromatic N) is 1. The van der Waals surface area contributed by atoms with E-state index in [0.29, 0.717) is 6.42 Å². The number of hydrogen-bond donors (Lipinski definition) is 1. The van der Waals surface area contributed by atoms with Crippen molar-refractivity contribution in [1.29, 1.82) is 5.26 Å². The van der Waals surface area contributed by atoms with Crippen LogP contribution < -0.4 is 5.32 Å². The van der Waals surface area contributed by atoms with Gasteiger partial charge in [-0.2, -0.15) is 5.26 Å². The van der Waals surface area contributed by atoms with Crippen molar-refractivity contribution >= 4 is 5.69 Å². The van der Waals surface area contributed by atoms with Crippen LogP contribution >= 0.6 is 0 Å². The van der Waals surface area contributed by atoms with E-state index in [4.69, 9.17) is 5.26 Å². The zero-order chi connectivity index (χ0) is 8.81. The summed E-state index contributed by atoms with van der Waals surface area (Å²) in [5, 5.41) is 11.6. The van der Waals surface area contributed by atoms with E-state index in [1.165, 1.54) is 0 Å². The molecular formula is C10H12N2. The SMILES string of the molecule is C[C@@H](CC#N)Nc1ccccc1. The highest BCUT2D eigenvalue weighted by Gasteiger charge is 1.98. The number of para-hydroxylation sites is 1. The molecule has 0 radical (unpaired) electrons. The summed E-state index contributed by atoms with van der Waals surface area (Å²) < 4.78 is 0.